The Kier molecular flexibility index (Phi) is 5.15. The van der Waals surface area contributed by atoms with Crippen molar-refractivity contribution in [1.82, 2.24) is 9.88 Å². The minimum Gasteiger partial charge on any atom is -0.441 e. The van der Waals surface area contributed by atoms with E-state index in [0.29, 0.717) is 30.2 Å². The third-order valence-corrected chi connectivity index (χ3v) is 4.70. The van der Waals surface area contributed by atoms with Gasteiger partial charge in [-0.3, -0.25) is 10.1 Å². The number of nitrogens with zero attached hydrogens (tertiary/aromatic N) is 3. The van der Waals surface area contributed by atoms with Crippen molar-refractivity contribution in [2.75, 3.05) is 20.1 Å². The van der Waals surface area contributed by atoms with Gasteiger partial charge in [0, 0.05) is 37.2 Å². The van der Waals surface area contributed by atoms with E-state index < -0.39 is 10.5 Å². The van der Waals surface area contributed by atoms with E-state index in [9.17, 15) is 15.2 Å². The lowest BCUT2D eigenvalue weighted by Crippen LogP contribution is -2.39. The Hall–Kier alpha value is -2.25. The number of likely N-dealkylation sites (N-methyl/N-ethyl adjacent to an activating group) is 1. The van der Waals surface area contributed by atoms with Crippen LogP contribution in [0, 0.1) is 10.1 Å². The normalized spacial score (nSPS) is 16.4. The summed E-state index contributed by atoms with van der Waals surface area (Å²) in [6, 6.07) is 6.32. The molecule has 0 amide bonds. The zero-order chi connectivity index (χ0) is 17.9. The zero-order valence-corrected chi connectivity index (χ0v) is 14.4. The Balaban J connectivity index is 1.58. The minimum atomic E-state index is -0.556. The van der Waals surface area contributed by atoms with E-state index in [1.807, 2.05) is 7.05 Å². The van der Waals surface area contributed by atoms with E-state index in [0.717, 1.165) is 32.2 Å². The number of hydrogen-bond acceptors (Lipinski definition) is 6. The average molecular weight is 345 g/mol. The third kappa shape index (κ3) is 4.43. The molecule has 2 aromatic rings. The Labute approximate surface area is 146 Å². The predicted molar refractivity (Wildman–Crippen MR) is 93.2 cm³/mol. The van der Waals surface area contributed by atoms with Crippen LogP contribution in [0.1, 0.15) is 31.6 Å². The molecule has 0 unspecified atom stereocenters. The summed E-state index contributed by atoms with van der Waals surface area (Å²) in [7, 11) is 1.99. The predicted octanol–water partition coefficient (Wildman–Crippen LogP) is 3.03. The molecule has 3 rings (SSSR count). The average Bonchev–Trinajstić information content (AvgIpc) is 3.22. The van der Waals surface area contributed by atoms with Crippen LogP contribution in [0.15, 0.2) is 34.9 Å². The second-order valence-electron chi connectivity index (χ2n) is 6.84. The maximum Gasteiger partial charge on any atom is 0.270 e. The van der Waals surface area contributed by atoms with Crippen molar-refractivity contribution in [3.05, 3.63) is 46.5 Å². The van der Waals surface area contributed by atoms with E-state index in [1.54, 1.807) is 18.3 Å². The summed E-state index contributed by atoms with van der Waals surface area (Å²) in [6.45, 7) is 1.39. The fourth-order valence-corrected chi connectivity index (χ4v) is 3.39. The highest BCUT2D eigenvalue weighted by atomic mass is 16.6. The molecule has 0 bridgehead atoms. The number of oxazole rings is 1. The number of rotatable bonds is 7. The van der Waals surface area contributed by atoms with Gasteiger partial charge in [0.1, 0.15) is 0 Å². The molecular formula is C18H23N3O4. The number of aliphatic hydroxyl groups is 1. The highest BCUT2D eigenvalue weighted by molar-refractivity contribution is 5.60. The van der Waals surface area contributed by atoms with Gasteiger partial charge in [-0.05, 0) is 19.9 Å². The molecule has 134 valence electrons. The molecule has 1 N–H and O–H groups in total. The van der Waals surface area contributed by atoms with Crippen molar-refractivity contribution in [3.8, 4) is 11.3 Å². The van der Waals surface area contributed by atoms with Gasteiger partial charge in [-0.1, -0.05) is 25.0 Å². The zero-order valence-electron chi connectivity index (χ0n) is 14.4. The third-order valence-electron chi connectivity index (χ3n) is 4.70. The molecule has 0 saturated heterocycles. The highest BCUT2D eigenvalue weighted by Gasteiger charge is 2.32. The number of nitro groups is 1. The molecule has 0 aliphatic heterocycles. The summed E-state index contributed by atoms with van der Waals surface area (Å²) in [5.41, 5.74) is 0.112. The maximum absolute atomic E-state index is 10.9. The van der Waals surface area contributed by atoms with Crippen LogP contribution in [0.5, 0.6) is 0 Å². The van der Waals surface area contributed by atoms with Crippen LogP contribution in [0.25, 0.3) is 11.3 Å². The molecular weight excluding hydrogens is 322 g/mol. The van der Waals surface area contributed by atoms with E-state index >= 15 is 0 Å². The van der Waals surface area contributed by atoms with E-state index in [1.165, 1.54) is 12.1 Å². The lowest BCUT2D eigenvalue weighted by Gasteiger charge is -2.28. The summed E-state index contributed by atoms with van der Waals surface area (Å²) in [6.07, 6.45) is 6.15. The summed E-state index contributed by atoms with van der Waals surface area (Å²) in [5, 5.41) is 21.3. The van der Waals surface area contributed by atoms with Gasteiger partial charge in [0.25, 0.3) is 5.69 Å². The highest BCUT2D eigenvalue weighted by Crippen LogP contribution is 2.30. The molecule has 1 heterocycles. The van der Waals surface area contributed by atoms with Crippen LogP contribution in [0.2, 0.25) is 0 Å². The first-order chi connectivity index (χ1) is 12.0. The topological polar surface area (TPSA) is 92.6 Å². The van der Waals surface area contributed by atoms with Gasteiger partial charge in [0.05, 0.1) is 16.7 Å². The molecule has 1 saturated carbocycles. The molecule has 25 heavy (non-hydrogen) atoms. The molecule has 0 atom stereocenters. The van der Waals surface area contributed by atoms with Gasteiger partial charge in [0.2, 0.25) is 0 Å². The summed E-state index contributed by atoms with van der Waals surface area (Å²) in [5.74, 6) is 1.11. The molecule has 0 spiro atoms. The van der Waals surface area contributed by atoms with Gasteiger partial charge in [-0.15, -0.1) is 0 Å². The quantitative estimate of drug-likeness (QED) is 0.612. The number of aromatic nitrogens is 1. The molecule has 1 fully saturated rings. The van der Waals surface area contributed by atoms with Gasteiger partial charge >= 0.3 is 0 Å². The molecule has 0 radical (unpaired) electrons. The van der Waals surface area contributed by atoms with Crippen LogP contribution >= 0.6 is 0 Å². The van der Waals surface area contributed by atoms with Crippen LogP contribution in [-0.4, -0.2) is 45.7 Å². The first-order valence-electron chi connectivity index (χ1n) is 8.56. The lowest BCUT2D eigenvalue weighted by atomic mass is 10.0. The van der Waals surface area contributed by atoms with Crippen molar-refractivity contribution in [3.63, 3.8) is 0 Å². The fourth-order valence-electron chi connectivity index (χ4n) is 3.39. The number of hydrogen-bond donors (Lipinski definition) is 1. The van der Waals surface area contributed by atoms with E-state index in [4.69, 9.17) is 4.42 Å². The summed E-state index contributed by atoms with van der Waals surface area (Å²) in [4.78, 5) is 16.8. The largest absolute Gasteiger partial charge is 0.441 e. The van der Waals surface area contributed by atoms with Crippen molar-refractivity contribution in [2.45, 2.75) is 37.7 Å². The number of nitro benzene ring substituents is 1. The van der Waals surface area contributed by atoms with Crippen LogP contribution in [-0.2, 0) is 6.42 Å². The van der Waals surface area contributed by atoms with Crippen LogP contribution in [0.4, 0.5) is 5.69 Å². The van der Waals surface area contributed by atoms with Crippen LogP contribution < -0.4 is 0 Å². The number of benzene rings is 1. The van der Waals surface area contributed by atoms with Gasteiger partial charge in [-0.2, -0.15) is 0 Å². The van der Waals surface area contributed by atoms with Crippen molar-refractivity contribution in [1.29, 1.82) is 0 Å². The molecule has 7 heteroatoms. The lowest BCUT2D eigenvalue weighted by molar-refractivity contribution is -0.384. The van der Waals surface area contributed by atoms with Crippen molar-refractivity contribution in [2.24, 2.45) is 0 Å². The maximum atomic E-state index is 10.9. The van der Waals surface area contributed by atoms with Crippen molar-refractivity contribution < 1.29 is 14.4 Å². The monoisotopic (exact) mass is 345 g/mol. The van der Waals surface area contributed by atoms with Gasteiger partial charge in [-0.25, -0.2) is 4.98 Å². The Morgan fingerprint density at radius 2 is 2.16 bits per heavy atom. The minimum absolute atomic E-state index is 0.0278. The first-order valence-corrected chi connectivity index (χ1v) is 8.56. The fraction of sp³-hybridized carbons (Fsp3) is 0.500. The van der Waals surface area contributed by atoms with Crippen LogP contribution in [0.3, 0.4) is 0 Å². The smallest absolute Gasteiger partial charge is 0.270 e. The first kappa shape index (κ1) is 17.6. The Morgan fingerprint density at radius 3 is 2.88 bits per heavy atom. The Morgan fingerprint density at radius 1 is 1.40 bits per heavy atom. The molecule has 1 aliphatic rings. The Bertz CT molecular complexity index is 737. The van der Waals surface area contributed by atoms with Gasteiger partial charge < -0.3 is 14.4 Å². The second kappa shape index (κ2) is 7.33. The standard InChI is InChI=1S/C18H23N3O4/c1-20(13-18(22)8-2-3-9-18)10-7-17-19-12-16(25-17)14-5-4-6-15(11-14)21(23)24/h4-6,11-12,22H,2-3,7-10,13H2,1H3. The van der Waals surface area contributed by atoms with Gasteiger partial charge in [0.15, 0.2) is 11.7 Å². The second-order valence-corrected chi connectivity index (χ2v) is 6.84. The summed E-state index contributed by atoms with van der Waals surface area (Å²) >= 11 is 0. The summed E-state index contributed by atoms with van der Waals surface area (Å²) < 4.78 is 5.73. The SMILES string of the molecule is CN(CCc1ncc(-c2cccc([N+](=O)[O-])c2)o1)CC1(O)CCCC1. The molecule has 1 aromatic heterocycles. The van der Waals surface area contributed by atoms with Crippen molar-refractivity contribution >= 4 is 5.69 Å². The molecule has 1 aromatic carbocycles. The van der Waals surface area contributed by atoms with E-state index in [-0.39, 0.29) is 5.69 Å². The van der Waals surface area contributed by atoms with E-state index in [2.05, 4.69) is 9.88 Å². The number of non-ortho nitro benzene ring substituents is 1. The molecule has 1 aliphatic carbocycles. The molecule has 7 nitrogen and oxygen atoms in total.